The summed E-state index contributed by atoms with van der Waals surface area (Å²) in [5, 5.41) is 3.48. The zero-order valence-electron chi connectivity index (χ0n) is 11.6. The first-order chi connectivity index (χ1) is 7.59. The van der Waals surface area contributed by atoms with Gasteiger partial charge in [-0.2, -0.15) is 0 Å². The molecule has 0 aromatic heterocycles. The lowest BCUT2D eigenvalue weighted by Crippen LogP contribution is -2.28. The summed E-state index contributed by atoms with van der Waals surface area (Å²) in [7, 11) is 0. The molecule has 0 amide bonds. The molecular formula is C14H30N2. The average molecular weight is 226 g/mol. The monoisotopic (exact) mass is 226 g/mol. The van der Waals surface area contributed by atoms with Crippen LogP contribution in [0.25, 0.3) is 0 Å². The summed E-state index contributed by atoms with van der Waals surface area (Å²) < 4.78 is 0. The van der Waals surface area contributed by atoms with Gasteiger partial charge in [0.05, 0.1) is 0 Å². The Morgan fingerprint density at radius 2 is 1.94 bits per heavy atom. The molecule has 1 saturated heterocycles. The maximum Gasteiger partial charge on any atom is 0.00700 e. The van der Waals surface area contributed by atoms with E-state index in [1.165, 1.54) is 45.3 Å². The van der Waals surface area contributed by atoms with Crippen LogP contribution in [0.4, 0.5) is 0 Å². The first-order valence-corrected chi connectivity index (χ1v) is 7.07. The fourth-order valence-corrected chi connectivity index (χ4v) is 2.71. The van der Waals surface area contributed by atoms with Crippen LogP contribution in [0.5, 0.6) is 0 Å². The SMILES string of the molecule is CC1CC(C)N(CCCCCNC(C)C)C1. The number of nitrogens with one attached hydrogen (secondary N) is 1. The Bertz CT molecular complexity index is 180. The predicted octanol–water partition coefficient (Wildman–Crippen LogP) is 2.89. The smallest absolute Gasteiger partial charge is 0.00700 e. The summed E-state index contributed by atoms with van der Waals surface area (Å²) in [6, 6.07) is 1.46. The Morgan fingerprint density at radius 1 is 1.19 bits per heavy atom. The van der Waals surface area contributed by atoms with Gasteiger partial charge in [0, 0.05) is 18.6 Å². The lowest BCUT2D eigenvalue weighted by atomic mass is 10.1. The number of likely N-dealkylation sites (tertiary alicyclic amines) is 1. The molecule has 96 valence electrons. The van der Waals surface area contributed by atoms with E-state index in [-0.39, 0.29) is 0 Å². The summed E-state index contributed by atoms with van der Waals surface area (Å²) >= 11 is 0. The van der Waals surface area contributed by atoms with Crippen molar-refractivity contribution in [2.45, 2.75) is 65.5 Å². The van der Waals surface area contributed by atoms with Gasteiger partial charge < -0.3 is 10.2 Å². The normalized spacial score (nSPS) is 26.8. The highest BCUT2D eigenvalue weighted by Gasteiger charge is 2.24. The molecule has 1 N–H and O–H groups in total. The van der Waals surface area contributed by atoms with Crippen LogP contribution >= 0.6 is 0 Å². The average Bonchev–Trinajstić information content (AvgIpc) is 2.50. The van der Waals surface area contributed by atoms with Crippen LogP contribution in [0.15, 0.2) is 0 Å². The lowest BCUT2D eigenvalue weighted by molar-refractivity contribution is 0.258. The van der Waals surface area contributed by atoms with Crippen molar-refractivity contribution < 1.29 is 0 Å². The Labute approximate surface area is 102 Å². The molecule has 1 heterocycles. The quantitative estimate of drug-likeness (QED) is 0.672. The molecule has 0 aromatic rings. The summed E-state index contributed by atoms with van der Waals surface area (Å²) in [6.07, 6.45) is 5.47. The minimum atomic E-state index is 0.638. The van der Waals surface area contributed by atoms with Gasteiger partial charge in [-0.05, 0) is 45.2 Å². The number of unbranched alkanes of at least 4 members (excludes halogenated alkanes) is 2. The Kier molecular flexibility index (Phi) is 6.37. The van der Waals surface area contributed by atoms with E-state index >= 15 is 0 Å². The first-order valence-electron chi connectivity index (χ1n) is 7.07. The van der Waals surface area contributed by atoms with E-state index in [0.717, 1.165) is 12.0 Å². The minimum Gasteiger partial charge on any atom is -0.315 e. The molecule has 0 radical (unpaired) electrons. The number of hydrogen-bond acceptors (Lipinski definition) is 2. The van der Waals surface area contributed by atoms with E-state index in [9.17, 15) is 0 Å². The molecule has 1 aliphatic heterocycles. The van der Waals surface area contributed by atoms with Crippen LogP contribution in [0, 0.1) is 5.92 Å². The van der Waals surface area contributed by atoms with Crippen LogP contribution in [0.1, 0.15) is 53.4 Å². The molecule has 0 aromatic carbocycles. The van der Waals surface area contributed by atoms with Gasteiger partial charge in [0.2, 0.25) is 0 Å². The molecule has 0 bridgehead atoms. The molecule has 1 fully saturated rings. The molecular weight excluding hydrogens is 196 g/mol. The summed E-state index contributed by atoms with van der Waals surface area (Å²) in [5.41, 5.74) is 0. The van der Waals surface area contributed by atoms with E-state index in [1.54, 1.807) is 0 Å². The van der Waals surface area contributed by atoms with E-state index < -0.39 is 0 Å². The largest absolute Gasteiger partial charge is 0.315 e. The third kappa shape index (κ3) is 5.31. The minimum absolute atomic E-state index is 0.638. The van der Waals surface area contributed by atoms with E-state index in [2.05, 4.69) is 37.9 Å². The lowest BCUT2D eigenvalue weighted by Gasteiger charge is -2.20. The topological polar surface area (TPSA) is 15.3 Å². The van der Waals surface area contributed by atoms with E-state index in [0.29, 0.717) is 6.04 Å². The maximum atomic E-state index is 3.48. The third-order valence-corrected chi connectivity index (χ3v) is 3.59. The maximum absolute atomic E-state index is 3.48. The summed E-state index contributed by atoms with van der Waals surface area (Å²) in [5.74, 6) is 0.914. The second kappa shape index (κ2) is 7.29. The predicted molar refractivity (Wildman–Crippen MR) is 71.8 cm³/mol. The van der Waals surface area contributed by atoms with Crippen LogP contribution in [0.3, 0.4) is 0 Å². The van der Waals surface area contributed by atoms with Crippen LogP contribution < -0.4 is 5.32 Å². The molecule has 2 unspecified atom stereocenters. The molecule has 16 heavy (non-hydrogen) atoms. The van der Waals surface area contributed by atoms with Crippen molar-refractivity contribution in [2.24, 2.45) is 5.92 Å². The van der Waals surface area contributed by atoms with Crippen LogP contribution in [0.2, 0.25) is 0 Å². The fraction of sp³-hybridized carbons (Fsp3) is 1.00. The number of hydrogen-bond donors (Lipinski definition) is 1. The molecule has 0 saturated carbocycles. The van der Waals surface area contributed by atoms with Crippen molar-refractivity contribution in [3.8, 4) is 0 Å². The Morgan fingerprint density at radius 3 is 2.50 bits per heavy atom. The molecule has 1 rings (SSSR count). The second-order valence-electron chi connectivity index (χ2n) is 5.85. The van der Waals surface area contributed by atoms with Gasteiger partial charge in [0.1, 0.15) is 0 Å². The van der Waals surface area contributed by atoms with Crippen molar-refractivity contribution in [2.75, 3.05) is 19.6 Å². The van der Waals surface area contributed by atoms with Gasteiger partial charge in [-0.3, -0.25) is 0 Å². The van der Waals surface area contributed by atoms with Crippen LogP contribution in [-0.2, 0) is 0 Å². The molecule has 1 aliphatic rings. The zero-order valence-corrected chi connectivity index (χ0v) is 11.6. The van der Waals surface area contributed by atoms with E-state index in [4.69, 9.17) is 0 Å². The summed E-state index contributed by atoms with van der Waals surface area (Å²) in [4.78, 5) is 2.67. The molecule has 2 nitrogen and oxygen atoms in total. The van der Waals surface area contributed by atoms with Gasteiger partial charge in [-0.25, -0.2) is 0 Å². The Hall–Kier alpha value is -0.0800. The number of rotatable bonds is 7. The Balaban J connectivity index is 1.95. The van der Waals surface area contributed by atoms with E-state index in [1.807, 2.05) is 0 Å². The van der Waals surface area contributed by atoms with Crippen molar-refractivity contribution in [3.63, 3.8) is 0 Å². The first kappa shape index (κ1) is 14.0. The molecule has 0 spiro atoms. The molecule has 2 heteroatoms. The second-order valence-corrected chi connectivity index (χ2v) is 5.85. The van der Waals surface area contributed by atoms with Gasteiger partial charge >= 0.3 is 0 Å². The van der Waals surface area contributed by atoms with Crippen molar-refractivity contribution in [1.29, 1.82) is 0 Å². The fourth-order valence-electron chi connectivity index (χ4n) is 2.71. The third-order valence-electron chi connectivity index (χ3n) is 3.59. The van der Waals surface area contributed by atoms with Gasteiger partial charge in [-0.1, -0.05) is 27.2 Å². The van der Waals surface area contributed by atoms with Crippen molar-refractivity contribution in [3.05, 3.63) is 0 Å². The molecule has 0 aliphatic carbocycles. The highest BCUT2D eigenvalue weighted by molar-refractivity contribution is 4.79. The van der Waals surface area contributed by atoms with Gasteiger partial charge in [0.15, 0.2) is 0 Å². The van der Waals surface area contributed by atoms with Crippen molar-refractivity contribution in [1.82, 2.24) is 10.2 Å². The highest BCUT2D eigenvalue weighted by Crippen LogP contribution is 2.22. The highest BCUT2D eigenvalue weighted by atomic mass is 15.2. The standard InChI is InChI=1S/C14H30N2/c1-12(2)15-8-6-5-7-9-16-11-13(3)10-14(16)4/h12-15H,5-11H2,1-4H3. The zero-order chi connectivity index (χ0) is 12.0. The van der Waals surface area contributed by atoms with Gasteiger partial charge in [0.25, 0.3) is 0 Å². The van der Waals surface area contributed by atoms with Crippen LogP contribution in [-0.4, -0.2) is 36.6 Å². The van der Waals surface area contributed by atoms with Crippen molar-refractivity contribution >= 4 is 0 Å². The number of nitrogens with zero attached hydrogens (tertiary/aromatic N) is 1. The molecule has 2 atom stereocenters. The van der Waals surface area contributed by atoms with Gasteiger partial charge in [-0.15, -0.1) is 0 Å². The summed E-state index contributed by atoms with van der Waals surface area (Å²) in [6.45, 7) is 13.0.